The maximum atomic E-state index is 5.89. The number of anilines is 1. The molecule has 4 rings (SSSR count). The zero-order valence-corrected chi connectivity index (χ0v) is 12.4. The second-order valence-electron chi connectivity index (χ2n) is 5.91. The van der Waals surface area contributed by atoms with Crippen molar-refractivity contribution in [3.05, 3.63) is 12.7 Å². The van der Waals surface area contributed by atoms with E-state index in [-0.39, 0.29) is 0 Å². The van der Waals surface area contributed by atoms with Gasteiger partial charge in [0.1, 0.15) is 11.8 Å². The maximum Gasteiger partial charge on any atom is 0.165 e. The van der Waals surface area contributed by atoms with Crippen molar-refractivity contribution in [1.29, 1.82) is 0 Å². The second-order valence-corrected chi connectivity index (χ2v) is 6.98. The smallest absolute Gasteiger partial charge is 0.165 e. The molecule has 2 aliphatic carbocycles. The molecule has 2 aliphatic rings. The van der Waals surface area contributed by atoms with Gasteiger partial charge in [0.15, 0.2) is 11.5 Å². The Hall–Kier alpha value is -1.30. The van der Waals surface area contributed by atoms with Crippen LogP contribution in [-0.4, -0.2) is 31.0 Å². The Morgan fingerprint density at radius 1 is 1.15 bits per heavy atom. The predicted molar refractivity (Wildman–Crippen MR) is 81.5 cm³/mol. The van der Waals surface area contributed by atoms with Gasteiger partial charge >= 0.3 is 0 Å². The molecule has 5 nitrogen and oxygen atoms in total. The standard InChI is InChI=1S/C14H19N5S/c1-20-11-5-3-8-9(11)2-4-10(8)19-7-18-12-13(15)16-6-17-14(12)19/h6-11H,2-5H2,1H3,(H2,15,16,17). The Morgan fingerprint density at radius 3 is 2.85 bits per heavy atom. The van der Waals surface area contributed by atoms with Gasteiger partial charge in [-0.15, -0.1) is 0 Å². The van der Waals surface area contributed by atoms with E-state index in [1.54, 1.807) is 6.33 Å². The maximum absolute atomic E-state index is 5.89. The largest absolute Gasteiger partial charge is 0.382 e. The van der Waals surface area contributed by atoms with Gasteiger partial charge in [0, 0.05) is 11.3 Å². The van der Waals surface area contributed by atoms with Gasteiger partial charge in [-0.2, -0.15) is 11.8 Å². The fourth-order valence-electron chi connectivity index (χ4n) is 4.27. The van der Waals surface area contributed by atoms with Crippen LogP contribution in [0.3, 0.4) is 0 Å². The number of fused-ring (bicyclic) bond motifs is 2. The quantitative estimate of drug-likeness (QED) is 0.920. The Morgan fingerprint density at radius 2 is 2.00 bits per heavy atom. The van der Waals surface area contributed by atoms with Gasteiger partial charge in [-0.1, -0.05) is 0 Å². The first-order valence-electron chi connectivity index (χ1n) is 7.25. The number of hydrogen-bond acceptors (Lipinski definition) is 5. The lowest BCUT2D eigenvalue weighted by Crippen LogP contribution is -2.17. The van der Waals surface area contributed by atoms with Crippen molar-refractivity contribution < 1.29 is 0 Å². The van der Waals surface area contributed by atoms with E-state index in [0.717, 1.165) is 28.2 Å². The predicted octanol–water partition coefficient (Wildman–Crippen LogP) is 2.50. The van der Waals surface area contributed by atoms with Crippen LogP contribution in [0.4, 0.5) is 5.82 Å². The van der Waals surface area contributed by atoms with Gasteiger partial charge in [-0.25, -0.2) is 15.0 Å². The molecule has 106 valence electrons. The third kappa shape index (κ3) is 1.67. The van der Waals surface area contributed by atoms with Crippen molar-refractivity contribution in [3.8, 4) is 0 Å². The van der Waals surface area contributed by atoms with Crippen LogP contribution >= 0.6 is 11.8 Å². The molecule has 2 heterocycles. The molecule has 20 heavy (non-hydrogen) atoms. The minimum Gasteiger partial charge on any atom is -0.382 e. The molecule has 2 aromatic rings. The molecule has 2 saturated carbocycles. The zero-order chi connectivity index (χ0) is 13.7. The lowest BCUT2D eigenvalue weighted by Gasteiger charge is -2.21. The van der Waals surface area contributed by atoms with E-state index in [1.807, 2.05) is 18.1 Å². The number of nitrogens with two attached hydrogens (primary N) is 1. The molecular formula is C14H19N5S. The van der Waals surface area contributed by atoms with Crippen molar-refractivity contribution in [2.24, 2.45) is 11.8 Å². The van der Waals surface area contributed by atoms with Crippen LogP contribution in [-0.2, 0) is 0 Å². The molecule has 0 bridgehead atoms. The summed E-state index contributed by atoms with van der Waals surface area (Å²) in [6.07, 6.45) is 11.0. The number of imidazole rings is 1. The summed E-state index contributed by atoms with van der Waals surface area (Å²) in [5, 5.41) is 0.847. The molecule has 6 heteroatoms. The first-order valence-corrected chi connectivity index (χ1v) is 8.54. The summed E-state index contributed by atoms with van der Waals surface area (Å²) < 4.78 is 2.25. The van der Waals surface area contributed by atoms with Crippen molar-refractivity contribution in [3.63, 3.8) is 0 Å². The normalized spacial score (nSPS) is 32.9. The van der Waals surface area contributed by atoms with Crippen LogP contribution in [0, 0.1) is 11.8 Å². The highest BCUT2D eigenvalue weighted by molar-refractivity contribution is 7.99. The third-order valence-electron chi connectivity index (χ3n) is 5.15. The number of thioether (sulfide) groups is 1. The van der Waals surface area contributed by atoms with Crippen LogP contribution in [0.1, 0.15) is 31.7 Å². The first kappa shape index (κ1) is 12.4. The minimum absolute atomic E-state index is 0.483. The van der Waals surface area contributed by atoms with Gasteiger partial charge in [-0.05, 0) is 43.8 Å². The molecule has 2 N–H and O–H groups in total. The van der Waals surface area contributed by atoms with Gasteiger partial charge in [-0.3, -0.25) is 0 Å². The number of hydrogen-bond donors (Lipinski definition) is 1. The number of nitrogens with zero attached hydrogens (tertiary/aromatic N) is 4. The van der Waals surface area contributed by atoms with Crippen LogP contribution in [0.2, 0.25) is 0 Å². The van der Waals surface area contributed by atoms with Gasteiger partial charge in [0.25, 0.3) is 0 Å². The molecule has 2 fully saturated rings. The number of aromatic nitrogens is 4. The van der Waals surface area contributed by atoms with Crippen molar-refractivity contribution >= 4 is 28.7 Å². The molecule has 0 aliphatic heterocycles. The zero-order valence-electron chi connectivity index (χ0n) is 11.6. The lowest BCUT2D eigenvalue weighted by atomic mass is 9.97. The van der Waals surface area contributed by atoms with E-state index >= 15 is 0 Å². The van der Waals surface area contributed by atoms with Crippen molar-refractivity contribution in [2.45, 2.75) is 37.0 Å². The fourth-order valence-corrected chi connectivity index (χ4v) is 5.33. The molecule has 2 aromatic heterocycles. The molecule has 4 atom stereocenters. The molecule has 0 saturated heterocycles. The van der Waals surface area contributed by atoms with Gasteiger partial charge in [0.2, 0.25) is 0 Å². The summed E-state index contributed by atoms with van der Waals surface area (Å²) in [4.78, 5) is 12.9. The summed E-state index contributed by atoms with van der Waals surface area (Å²) in [6, 6.07) is 0.538. The first-order chi connectivity index (χ1) is 9.79. The second kappa shape index (κ2) is 4.62. The van der Waals surface area contributed by atoms with Crippen LogP contribution in [0.15, 0.2) is 12.7 Å². The molecule has 0 amide bonds. The molecule has 0 spiro atoms. The summed E-state index contributed by atoms with van der Waals surface area (Å²) in [6.45, 7) is 0. The molecule has 0 radical (unpaired) electrons. The van der Waals surface area contributed by atoms with Gasteiger partial charge < -0.3 is 10.3 Å². The Balaban J connectivity index is 1.72. The van der Waals surface area contributed by atoms with E-state index in [4.69, 9.17) is 5.73 Å². The SMILES string of the molecule is CSC1CCC2C1CCC2n1cnc2c(N)ncnc21. The third-order valence-corrected chi connectivity index (χ3v) is 6.34. The van der Waals surface area contributed by atoms with Crippen LogP contribution in [0.5, 0.6) is 0 Å². The number of rotatable bonds is 2. The van der Waals surface area contributed by atoms with E-state index in [0.29, 0.717) is 11.9 Å². The Labute approximate surface area is 122 Å². The summed E-state index contributed by atoms with van der Waals surface area (Å²) in [5.41, 5.74) is 7.53. The molecule has 0 aromatic carbocycles. The lowest BCUT2D eigenvalue weighted by molar-refractivity contribution is 0.354. The highest BCUT2D eigenvalue weighted by atomic mass is 32.2. The average molecular weight is 289 g/mol. The van der Waals surface area contributed by atoms with E-state index < -0.39 is 0 Å². The highest BCUT2D eigenvalue weighted by Crippen LogP contribution is 2.53. The van der Waals surface area contributed by atoms with Crippen molar-refractivity contribution in [2.75, 3.05) is 12.0 Å². The number of nitrogen functional groups attached to an aromatic ring is 1. The molecular weight excluding hydrogens is 270 g/mol. The average Bonchev–Trinajstić information content (AvgIpc) is 3.11. The minimum atomic E-state index is 0.483. The highest BCUT2D eigenvalue weighted by Gasteiger charge is 2.45. The topological polar surface area (TPSA) is 69.6 Å². The van der Waals surface area contributed by atoms with E-state index in [2.05, 4.69) is 25.8 Å². The summed E-state index contributed by atoms with van der Waals surface area (Å²) in [7, 11) is 0. The Bertz CT molecular complexity index is 640. The van der Waals surface area contributed by atoms with E-state index in [9.17, 15) is 0 Å². The summed E-state index contributed by atoms with van der Waals surface area (Å²) in [5.74, 6) is 2.13. The molecule has 4 unspecified atom stereocenters. The van der Waals surface area contributed by atoms with Crippen LogP contribution < -0.4 is 5.73 Å². The summed E-state index contributed by atoms with van der Waals surface area (Å²) >= 11 is 2.04. The van der Waals surface area contributed by atoms with Gasteiger partial charge in [0.05, 0.1) is 6.33 Å². The monoisotopic (exact) mass is 289 g/mol. The fraction of sp³-hybridized carbons (Fsp3) is 0.643. The van der Waals surface area contributed by atoms with Crippen LogP contribution in [0.25, 0.3) is 11.2 Å². The Kier molecular flexibility index (Phi) is 2.87. The van der Waals surface area contributed by atoms with E-state index in [1.165, 1.54) is 25.7 Å². The van der Waals surface area contributed by atoms with Crippen molar-refractivity contribution in [1.82, 2.24) is 19.5 Å².